The Morgan fingerprint density at radius 2 is 1.79 bits per heavy atom. The highest BCUT2D eigenvalue weighted by atomic mass is 19.2. The lowest BCUT2D eigenvalue weighted by Gasteiger charge is -2.10. The topological polar surface area (TPSA) is 81.2 Å². The minimum atomic E-state index is -0.944. The van der Waals surface area contributed by atoms with E-state index in [2.05, 4.69) is 25.8 Å². The first-order chi connectivity index (χ1) is 13.6. The van der Waals surface area contributed by atoms with Crippen molar-refractivity contribution >= 4 is 17.5 Å². The molecular weight excluding hydrogens is 368 g/mol. The summed E-state index contributed by atoms with van der Waals surface area (Å²) in [7, 11) is 3.18. The molecule has 0 aliphatic carbocycles. The number of nitrogens with one attached hydrogen (secondary N) is 2. The maximum absolute atomic E-state index is 13.3. The van der Waals surface area contributed by atoms with E-state index in [0.717, 1.165) is 17.7 Å². The number of benzene rings is 2. The number of anilines is 3. The van der Waals surface area contributed by atoms with E-state index in [1.54, 1.807) is 14.2 Å². The van der Waals surface area contributed by atoms with Crippen molar-refractivity contribution in [3.05, 3.63) is 59.8 Å². The van der Waals surface area contributed by atoms with E-state index in [9.17, 15) is 8.78 Å². The minimum Gasteiger partial charge on any atom is -0.493 e. The van der Waals surface area contributed by atoms with Crippen molar-refractivity contribution in [1.29, 1.82) is 0 Å². The molecule has 28 heavy (non-hydrogen) atoms. The molecule has 3 aromatic rings. The molecule has 1 aromatic heterocycles. The molecule has 0 spiro atoms. The number of halogens is 2. The van der Waals surface area contributed by atoms with Crippen molar-refractivity contribution in [2.75, 3.05) is 31.4 Å². The molecule has 7 nitrogen and oxygen atoms in total. The molecule has 0 saturated carbocycles. The maximum Gasteiger partial charge on any atom is 0.244 e. The number of ether oxygens (including phenoxy) is 2. The van der Waals surface area contributed by atoms with Crippen LogP contribution in [0.4, 0.5) is 26.2 Å². The smallest absolute Gasteiger partial charge is 0.244 e. The van der Waals surface area contributed by atoms with Gasteiger partial charge in [-0.25, -0.2) is 8.78 Å². The maximum atomic E-state index is 13.3. The van der Waals surface area contributed by atoms with Gasteiger partial charge in [0.25, 0.3) is 0 Å². The molecule has 0 radical (unpaired) electrons. The Kier molecular flexibility index (Phi) is 6.15. The van der Waals surface area contributed by atoms with Crippen LogP contribution in [0.1, 0.15) is 5.56 Å². The second kappa shape index (κ2) is 8.94. The van der Waals surface area contributed by atoms with Crippen LogP contribution >= 0.6 is 0 Å². The fourth-order valence-corrected chi connectivity index (χ4v) is 2.52. The zero-order valence-electron chi connectivity index (χ0n) is 15.4. The lowest BCUT2D eigenvalue weighted by atomic mass is 10.1. The molecular formula is C19H19F2N5O2. The Bertz CT molecular complexity index is 955. The number of methoxy groups -OCH3 is 2. The van der Waals surface area contributed by atoms with E-state index in [4.69, 9.17) is 9.47 Å². The van der Waals surface area contributed by atoms with Crippen molar-refractivity contribution in [2.24, 2.45) is 0 Å². The number of rotatable bonds is 8. The van der Waals surface area contributed by atoms with Crippen LogP contribution in [0.3, 0.4) is 0 Å². The normalized spacial score (nSPS) is 10.4. The van der Waals surface area contributed by atoms with Crippen LogP contribution in [0.2, 0.25) is 0 Å². The monoisotopic (exact) mass is 387 g/mol. The Hall–Kier alpha value is -3.49. The van der Waals surface area contributed by atoms with Gasteiger partial charge in [0.15, 0.2) is 29.0 Å². The zero-order valence-corrected chi connectivity index (χ0v) is 15.4. The molecule has 2 aromatic carbocycles. The predicted octanol–water partition coefficient (Wildman–Crippen LogP) is 3.57. The lowest BCUT2D eigenvalue weighted by molar-refractivity contribution is 0.354. The van der Waals surface area contributed by atoms with Gasteiger partial charge in [0.2, 0.25) is 5.95 Å². The van der Waals surface area contributed by atoms with Gasteiger partial charge in [0, 0.05) is 18.3 Å². The molecule has 0 atom stereocenters. The quantitative estimate of drug-likeness (QED) is 0.612. The first-order valence-electron chi connectivity index (χ1n) is 8.45. The third-order valence-electron chi connectivity index (χ3n) is 3.90. The van der Waals surface area contributed by atoms with Gasteiger partial charge >= 0.3 is 0 Å². The molecule has 2 N–H and O–H groups in total. The van der Waals surface area contributed by atoms with Crippen molar-refractivity contribution in [1.82, 2.24) is 15.2 Å². The van der Waals surface area contributed by atoms with Crippen molar-refractivity contribution in [2.45, 2.75) is 6.42 Å². The van der Waals surface area contributed by atoms with Crippen LogP contribution in [0.5, 0.6) is 11.5 Å². The van der Waals surface area contributed by atoms with E-state index in [0.29, 0.717) is 41.9 Å². The van der Waals surface area contributed by atoms with Gasteiger partial charge in [0.1, 0.15) is 0 Å². The fraction of sp³-hybridized carbons (Fsp3) is 0.211. The van der Waals surface area contributed by atoms with Crippen LogP contribution in [0, 0.1) is 11.6 Å². The second-order valence-corrected chi connectivity index (χ2v) is 5.79. The van der Waals surface area contributed by atoms with Gasteiger partial charge in [-0.05, 0) is 36.2 Å². The van der Waals surface area contributed by atoms with Crippen LogP contribution in [-0.2, 0) is 6.42 Å². The molecule has 0 saturated heterocycles. The van der Waals surface area contributed by atoms with Crippen LogP contribution in [-0.4, -0.2) is 35.9 Å². The van der Waals surface area contributed by atoms with E-state index >= 15 is 0 Å². The van der Waals surface area contributed by atoms with Crippen molar-refractivity contribution in [3.63, 3.8) is 0 Å². The molecule has 3 rings (SSSR count). The third kappa shape index (κ3) is 4.81. The first kappa shape index (κ1) is 19.3. The summed E-state index contributed by atoms with van der Waals surface area (Å²) in [6.07, 6.45) is 2.09. The van der Waals surface area contributed by atoms with E-state index in [1.165, 1.54) is 12.3 Å². The minimum absolute atomic E-state index is 0.313. The summed E-state index contributed by atoms with van der Waals surface area (Å²) in [5, 5.41) is 13.7. The molecule has 0 aliphatic heterocycles. The average molecular weight is 387 g/mol. The van der Waals surface area contributed by atoms with Gasteiger partial charge in [-0.15, -0.1) is 5.10 Å². The highest BCUT2D eigenvalue weighted by molar-refractivity contribution is 5.56. The van der Waals surface area contributed by atoms with E-state index in [1.807, 2.05) is 18.2 Å². The van der Waals surface area contributed by atoms with Gasteiger partial charge < -0.3 is 20.1 Å². The predicted molar refractivity (Wildman–Crippen MR) is 101 cm³/mol. The zero-order chi connectivity index (χ0) is 19.9. The number of nitrogens with zero attached hydrogens (tertiary/aromatic N) is 3. The summed E-state index contributed by atoms with van der Waals surface area (Å²) in [4.78, 5) is 4.26. The molecule has 0 amide bonds. The summed E-state index contributed by atoms with van der Waals surface area (Å²) in [6, 6.07) is 9.18. The van der Waals surface area contributed by atoms with Crippen molar-refractivity contribution < 1.29 is 18.3 Å². The molecule has 0 bridgehead atoms. The molecule has 146 valence electrons. The summed E-state index contributed by atoms with van der Waals surface area (Å²) in [5.41, 5.74) is 1.41. The molecule has 0 unspecified atom stereocenters. The number of hydrogen-bond acceptors (Lipinski definition) is 7. The van der Waals surface area contributed by atoms with Crippen LogP contribution in [0.25, 0.3) is 0 Å². The van der Waals surface area contributed by atoms with Crippen molar-refractivity contribution in [3.8, 4) is 11.5 Å². The molecule has 1 heterocycles. The summed E-state index contributed by atoms with van der Waals surface area (Å²) in [5.74, 6) is 0.144. The first-order valence-corrected chi connectivity index (χ1v) is 8.45. The Labute approximate surface area is 160 Å². The van der Waals surface area contributed by atoms with Gasteiger partial charge in [-0.2, -0.15) is 10.1 Å². The average Bonchev–Trinajstić information content (AvgIpc) is 2.71. The van der Waals surface area contributed by atoms with Gasteiger partial charge in [0.05, 0.1) is 20.4 Å². The highest BCUT2D eigenvalue weighted by Crippen LogP contribution is 2.27. The number of hydrogen-bond donors (Lipinski definition) is 2. The van der Waals surface area contributed by atoms with E-state index < -0.39 is 11.6 Å². The van der Waals surface area contributed by atoms with Crippen LogP contribution in [0.15, 0.2) is 42.6 Å². The standard InChI is InChI=1S/C19H19F2N5O2/c1-27-16-6-3-12(9-17(16)28-2)7-8-22-19-25-18(11-23-26-19)24-13-4-5-14(20)15(21)10-13/h3-6,9-11H,7-8H2,1-2H3,(H2,22,24,25,26). The molecule has 0 aliphatic rings. The SMILES string of the molecule is COc1ccc(CCNc2nncc(Nc3ccc(F)c(F)c3)n2)cc1OC. The van der Waals surface area contributed by atoms with Gasteiger partial charge in [-0.1, -0.05) is 6.07 Å². The third-order valence-corrected chi connectivity index (χ3v) is 3.90. The Balaban J connectivity index is 1.59. The summed E-state index contributed by atoms with van der Waals surface area (Å²) in [6.45, 7) is 0.561. The Morgan fingerprint density at radius 3 is 2.54 bits per heavy atom. The Morgan fingerprint density at radius 1 is 0.964 bits per heavy atom. The summed E-state index contributed by atoms with van der Waals surface area (Å²) < 4.78 is 36.8. The fourth-order valence-electron chi connectivity index (χ4n) is 2.52. The lowest BCUT2D eigenvalue weighted by Crippen LogP contribution is -2.10. The highest BCUT2D eigenvalue weighted by Gasteiger charge is 2.07. The molecule has 0 fully saturated rings. The van der Waals surface area contributed by atoms with Gasteiger partial charge in [-0.3, -0.25) is 0 Å². The second-order valence-electron chi connectivity index (χ2n) is 5.79. The van der Waals surface area contributed by atoms with Crippen LogP contribution < -0.4 is 20.1 Å². The molecule has 9 heteroatoms. The van der Waals surface area contributed by atoms with E-state index in [-0.39, 0.29) is 0 Å². The largest absolute Gasteiger partial charge is 0.493 e. The number of aromatic nitrogens is 3. The summed E-state index contributed by atoms with van der Waals surface area (Å²) >= 11 is 0.